The molecule has 49 heavy (non-hydrogen) atoms. The standard InChI is InChI=1S/C36H57N5O7S/c1-23(2)18-30(31(42)19-25(5)33(43)40-32(24(3)4)35(45)37-20-26-12-10-9-11-13-26)38-34(44)29(16-17-49-8)39-36(46)47-22-28-15-14-27(48-28)21-41(6)7/h9-15,23-25,29-32,42H,16-22H2,1-8H3,(H,37,45)(H,38,44)(H,39,46)(H,40,43)/t25-,29+,30+,31+,32+/m1/s1. The van der Waals surface area contributed by atoms with E-state index in [1.165, 1.54) is 11.8 Å². The molecule has 2 aromatic rings. The summed E-state index contributed by atoms with van der Waals surface area (Å²) in [7, 11) is 3.85. The number of carbonyl (C=O) groups is 4. The SMILES string of the molecule is CSCC[C@H](NC(=O)OCc1ccc(CN(C)C)o1)C(=O)N[C@@H](CC(C)C)[C@@H](O)C[C@@H](C)C(=O)N[C@H](C(=O)NCc1ccccc1)C(C)C. The highest BCUT2D eigenvalue weighted by Crippen LogP contribution is 2.17. The maximum Gasteiger partial charge on any atom is 0.408 e. The molecule has 4 amide bonds. The lowest BCUT2D eigenvalue weighted by atomic mass is 9.91. The summed E-state index contributed by atoms with van der Waals surface area (Å²) in [5, 5.41) is 22.6. The molecule has 0 spiro atoms. The van der Waals surface area contributed by atoms with Crippen molar-refractivity contribution in [3.8, 4) is 0 Å². The van der Waals surface area contributed by atoms with Crippen molar-refractivity contribution < 1.29 is 33.4 Å². The number of nitrogens with one attached hydrogen (secondary N) is 4. The molecule has 0 bridgehead atoms. The van der Waals surface area contributed by atoms with Crippen LogP contribution in [-0.4, -0.2) is 84.2 Å². The van der Waals surface area contributed by atoms with Gasteiger partial charge in [-0.2, -0.15) is 11.8 Å². The monoisotopic (exact) mass is 703 g/mol. The molecule has 0 saturated heterocycles. The minimum Gasteiger partial charge on any atom is -0.461 e. The lowest BCUT2D eigenvalue weighted by Crippen LogP contribution is -2.54. The van der Waals surface area contributed by atoms with Crippen LogP contribution in [0.25, 0.3) is 0 Å². The second-order valence-electron chi connectivity index (χ2n) is 13.5. The van der Waals surface area contributed by atoms with Crippen molar-refractivity contribution in [1.29, 1.82) is 0 Å². The topological polar surface area (TPSA) is 162 Å². The van der Waals surface area contributed by atoms with Gasteiger partial charge in [0.25, 0.3) is 0 Å². The fourth-order valence-corrected chi connectivity index (χ4v) is 5.66. The summed E-state index contributed by atoms with van der Waals surface area (Å²) in [6.07, 6.45) is 0.951. The summed E-state index contributed by atoms with van der Waals surface area (Å²) < 4.78 is 11.0. The van der Waals surface area contributed by atoms with Crippen LogP contribution in [0.3, 0.4) is 0 Å². The van der Waals surface area contributed by atoms with Gasteiger partial charge in [0.15, 0.2) is 6.61 Å². The number of benzene rings is 1. The number of rotatable bonds is 21. The Morgan fingerprint density at radius 1 is 0.878 bits per heavy atom. The quantitative estimate of drug-likeness (QED) is 0.129. The lowest BCUT2D eigenvalue weighted by Gasteiger charge is -2.30. The van der Waals surface area contributed by atoms with Crippen LogP contribution in [0.2, 0.25) is 0 Å². The Bertz CT molecular complexity index is 1300. The number of aliphatic hydroxyl groups is 1. The largest absolute Gasteiger partial charge is 0.461 e. The predicted octanol–water partition coefficient (Wildman–Crippen LogP) is 4.06. The summed E-state index contributed by atoms with van der Waals surface area (Å²) in [4.78, 5) is 54.4. The first-order valence-electron chi connectivity index (χ1n) is 16.9. The number of thioether (sulfide) groups is 1. The third-order valence-corrected chi connectivity index (χ3v) is 8.51. The molecule has 1 aromatic carbocycles. The first-order chi connectivity index (χ1) is 23.2. The van der Waals surface area contributed by atoms with E-state index < -0.39 is 42.1 Å². The maximum atomic E-state index is 13.5. The molecule has 1 aromatic heterocycles. The van der Waals surface area contributed by atoms with Crippen LogP contribution >= 0.6 is 11.8 Å². The number of alkyl carbamates (subject to hydrolysis) is 1. The summed E-state index contributed by atoms with van der Waals surface area (Å²) in [6.45, 7) is 10.2. The minimum atomic E-state index is -1.06. The highest BCUT2D eigenvalue weighted by atomic mass is 32.2. The molecule has 0 saturated carbocycles. The van der Waals surface area contributed by atoms with E-state index in [-0.39, 0.29) is 36.7 Å². The second kappa shape index (κ2) is 21.5. The molecule has 0 radical (unpaired) electrons. The van der Waals surface area contributed by atoms with Crippen LogP contribution in [0.1, 0.15) is 71.0 Å². The van der Waals surface area contributed by atoms with E-state index in [4.69, 9.17) is 9.15 Å². The van der Waals surface area contributed by atoms with Gasteiger partial charge in [-0.3, -0.25) is 14.4 Å². The summed E-state index contributed by atoms with van der Waals surface area (Å²) >= 11 is 1.54. The van der Waals surface area contributed by atoms with E-state index in [2.05, 4.69) is 21.3 Å². The molecule has 12 nitrogen and oxygen atoms in total. The Hall–Kier alpha value is -3.55. The Labute approximate surface area is 295 Å². The van der Waals surface area contributed by atoms with Crippen molar-refractivity contribution in [3.63, 3.8) is 0 Å². The zero-order valence-corrected chi connectivity index (χ0v) is 31.1. The van der Waals surface area contributed by atoms with E-state index in [1.807, 2.05) is 89.3 Å². The van der Waals surface area contributed by atoms with Gasteiger partial charge in [-0.05, 0) is 74.9 Å². The molecular formula is C36H57N5O7S. The molecule has 13 heteroatoms. The van der Waals surface area contributed by atoms with Crippen molar-refractivity contribution in [2.45, 2.75) is 97.8 Å². The third-order valence-electron chi connectivity index (χ3n) is 7.87. The lowest BCUT2D eigenvalue weighted by molar-refractivity contribution is -0.132. The van der Waals surface area contributed by atoms with Gasteiger partial charge in [-0.15, -0.1) is 0 Å². The molecule has 0 aliphatic rings. The predicted molar refractivity (Wildman–Crippen MR) is 192 cm³/mol. The van der Waals surface area contributed by atoms with E-state index in [0.717, 1.165) is 11.3 Å². The van der Waals surface area contributed by atoms with Gasteiger partial charge < -0.3 is 40.4 Å². The molecule has 0 aliphatic heterocycles. The van der Waals surface area contributed by atoms with Gasteiger partial charge >= 0.3 is 6.09 Å². The number of hydrogen-bond donors (Lipinski definition) is 5. The Balaban J connectivity index is 2.00. The van der Waals surface area contributed by atoms with Crippen LogP contribution < -0.4 is 21.3 Å². The van der Waals surface area contributed by atoms with Gasteiger partial charge in [-0.25, -0.2) is 4.79 Å². The second-order valence-corrected chi connectivity index (χ2v) is 14.5. The van der Waals surface area contributed by atoms with Crippen molar-refractivity contribution in [1.82, 2.24) is 26.2 Å². The highest BCUT2D eigenvalue weighted by Gasteiger charge is 2.31. The van der Waals surface area contributed by atoms with Gasteiger partial charge in [0.05, 0.1) is 18.7 Å². The van der Waals surface area contributed by atoms with Crippen molar-refractivity contribution >= 4 is 35.6 Å². The number of hydrogen-bond acceptors (Lipinski definition) is 9. The van der Waals surface area contributed by atoms with E-state index in [1.54, 1.807) is 13.0 Å². The highest BCUT2D eigenvalue weighted by molar-refractivity contribution is 7.98. The van der Waals surface area contributed by atoms with Crippen molar-refractivity contribution in [2.75, 3.05) is 26.1 Å². The van der Waals surface area contributed by atoms with Gasteiger partial charge in [0.2, 0.25) is 17.7 Å². The molecule has 5 N–H and O–H groups in total. The molecule has 0 aliphatic carbocycles. The Morgan fingerprint density at radius 2 is 1.55 bits per heavy atom. The van der Waals surface area contributed by atoms with Crippen LogP contribution in [0.4, 0.5) is 4.79 Å². The first-order valence-corrected chi connectivity index (χ1v) is 18.3. The number of ether oxygens (including phenoxy) is 1. The summed E-state index contributed by atoms with van der Waals surface area (Å²) in [6, 6.07) is 10.8. The van der Waals surface area contributed by atoms with E-state index in [9.17, 15) is 24.3 Å². The number of aliphatic hydroxyl groups excluding tert-OH is 1. The normalized spacial score (nSPS) is 14.5. The fourth-order valence-electron chi connectivity index (χ4n) is 5.18. The zero-order valence-electron chi connectivity index (χ0n) is 30.3. The third kappa shape index (κ3) is 15.7. The summed E-state index contributed by atoms with van der Waals surface area (Å²) in [5.74, 6) is 0.0431. The molecule has 5 atom stereocenters. The smallest absolute Gasteiger partial charge is 0.408 e. The van der Waals surface area contributed by atoms with Crippen LogP contribution in [0.5, 0.6) is 0 Å². The molecule has 2 rings (SSSR count). The number of furan rings is 1. The minimum absolute atomic E-state index is 0.0594. The number of carbonyl (C=O) groups excluding carboxylic acids is 4. The summed E-state index contributed by atoms with van der Waals surface area (Å²) in [5.41, 5.74) is 0.949. The fraction of sp³-hybridized carbons (Fsp3) is 0.611. The maximum absolute atomic E-state index is 13.5. The Kier molecular flexibility index (Phi) is 18.3. The zero-order chi connectivity index (χ0) is 36.5. The van der Waals surface area contributed by atoms with Gasteiger partial charge in [0, 0.05) is 12.5 Å². The van der Waals surface area contributed by atoms with Gasteiger partial charge in [-0.1, -0.05) is 65.0 Å². The first kappa shape index (κ1) is 41.6. The van der Waals surface area contributed by atoms with Crippen LogP contribution in [-0.2, 0) is 38.8 Å². The average Bonchev–Trinajstić information content (AvgIpc) is 3.49. The van der Waals surface area contributed by atoms with Crippen molar-refractivity contribution in [3.05, 3.63) is 59.5 Å². The number of nitrogens with zero attached hydrogens (tertiary/aromatic N) is 1. The van der Waals surface area contributed by atoms with E-state index in [0.29, 0.717) is 37.4 Å². The van der Waals surface area contributed by atoms with Crippen molar-refractivity contribution in [2.24, 2.45) is 17.8 Å². The molecular weight excluding hydrogens is 646 g/mol. The molecule has 274 valence electrons. The Morgan fingerprint density at radius 3 is 2.16 bits per heavy atom. The van der Waals surface area contributed by atoms with Crippen LogP contribution in [0.15, 0.2) is 46.9 Å². The number of amides is 4. The molecule has 1 heterocycles. The molecule has 0 fully saturated rings. The van der Waals surface area contributed by atoms with Gasteiger partial charge in [0.1, 0.15) is 23.6 Å². The molecule has 0 unspecified atom stereocenters. The average molecular weight is 704 g/mol. The van der Waals surface area contributed by atoms with E-state index >= 15 is 0 Å². The van der Waals surface area contributed by atoms with Crippen LogP contribution in [0, 0.1) is 17.8 Å².